The number of sulfonamides is 1. The molecule has 0 saturated carbocycles. The molecule has 9 heteroatoms. The summed E-state index contributed by atoms with van der Waals surface area (Å²) in [5, 5.41) is 2.76. The van der Waals surface area contributed by atoms with Crippen LogP contribution in [0.3, 0.4) is 0 Å². The van der Waals surface area contributed by atoms with Crippen LogP contribution in [-0.2, 0) is 26.2 Å². The molecule has 0 aliphatic heterocycles. The Kier molecular flexibility index (Phi) is 9.52. The van der Waals surface area contributed by atoms with Crippen molar-refractivity contribution in [3.63, 3.8) is 0 Å². The minimum Gasteiger partial charge on any atom is -0.497 e. The van der Waals surface area contributed by atoms with E-state index in [0.717, 1.165) is 21.0 Å². The molecule has 0 radical (unpaired) electrons. The summed E-state index contributed by atoms with van der Waals surface area (Å²) in [4.78, 5) is 28.2. The number of nitrogens with zero attached hydrogens (tertiary/aromatic N) is 2. The molecule has 8 nitrogen and oxygen atoms in total. The summed E-state index contributed by atoms with van der Waals surface area (Å²) in [6.07, 6.45) is 0. The minimum atomic E-state index is -4.13. The second-order valence-corrected chi connectivity index (χ2v) is 10.9. The minimum absolute atomic E-state index is 0.0564. The lowest BCUT2D eigenvalue weighted by atomic mass is 10.1. The van der Waals surface area contributed by atoms with E-state index in [-0.39, 0.29) is 23.0 Å². The van der Waals surface area contributed by atoms with E-state index in [1.54, 1.807) is 50.2 Å². The monoisotopic (exact) mass is 537 g/mol. The third kappa shape index (κ3) is 6.72. The molecule has 38 heavy (non-hydrogen) atoms. The van der Waals surface area contributed by atoms with Crippen LogP contribution in [0.5, 0.6) is 5.75 Å². The number of ether oxygens (including phenoxy) is 1. The first-order valence-corrected chi connectivity index (χ1v) is 13.9. The van der Waals surface area contributed by atoms with E-state index in [2.05, 4.69) is 5.32 Å². The Morgan fingerprint density at radius 3 is 2.29 bits per heavy atom. The molecule has 3 rings (SSSR count). The number of nitrogens with one attached hydrogen (secondary N) is 1. The first kappa shape index (κ1) is 28.7. The standard InChI is InChI=1S/C29H35N3O5S/c1-6-30-29(34)23(4)31(19-24-11-8-7-10-22(24)3)28(33)20-32(25-12-9-13-26(18-25)37-5)38(35,36)27-16-14-21(2)15-17-27/h7-18,23H,6,19-20H2,1-5H3,(H,30,34)/t23-/m0/s1. The van der Waals surface area contributed by atoms with Crippen LogP contribution in [0.1, 0.15) is 30.5 Å². The van der Waals surface area contributed by atoms with E-state index in [9.17, 15) is 18.0 Å². The van der Waals surface area contributed by atoms with Gasteiger partial charge in [-0.1, -0.05) is 48.0 Å². The quantitative estimate of drug-likeness (QED) is 0.398. The summed E-state index contributed by atoms with van der Waals surface area (Å²) in [6.45, 7) is 7.31. The van der Waals surface area contributed by atoms with Crippen molar-refractivity contribution in [1.82, 2.24) is 10.2 Å². The summed E-state index contributed by atoms with van der Waals surface area (Å²) in [5.74, 6) is -0.374. The summed E-state index contributed by atoms with van der Waals surface area (Å²) < 4.78 is 34.1. The lowest BCUT2D eigenvalue weighted by Gasteiger charge is -2.32. The Morgan fingerprint density at radius 1 is 0.974 bits per heavy atom. The van der Waals surface area contributed by atoms with Gasteiger partial charge in [-0.15, -0.1) is 0 Å². The molecular weight excluding hydrogens is 502 g/mol. The highest BCUT2D eigenvalue weighted by Crippen LogP contribution is 2.28. The molecule has 3 aromatic rings. The number of amides is 2. The normalized spacial score (nSPS) is 11.9. The molecule has 0 fully saturated rings. The van der Waals surface area contributed by atoms with Gasteiger partial charge in [0, 0.05) is 19.2 Å². The number of anilines is 1. The van der Waals surface area contributed by atoms with E-state index in [1.165, 1.54) is 24.1 Å². The van der Waals surface area contributed by atoms with Crippen molar-refractivity contribution in [2.75, 3.05) is 24.5 Å². The van der Waals surface area contributed by atoms with Crippen LogP contribution < -0.4 is 14.4 Å². The van der Waals surface area contributed by atoms with Gasteiger partial charge in [-0.3, -0.25) is 13.9 Å². The van der Waals surface area contributed by atoms with Gasteiger partial charge in [0.1, 0.15) is 18.3 Å². The van der Waals surface area contributed by atoms with E-state index >= 15 is 0 Å². The molecule has 1 N–H and O–H groups in total. The highest BCUT2D eigenvalue weighted by atomic mass is 32.2. The number of likely N-dealkylation sites (N-methyl/N-ethyl adjacent to an activating group) is 1. The SMILES string of the molecule is CCNC(=O)[C@H](C)N(Cc1ccccc1C)C(=O)CN(c1cccc(OC)c1)S(=O)(=O)c1ccc(C)cc1. The van der Waals surface area contributed by atoms with Crippen molar-refractivity contribution in [2.24, 2.45) is 0 Å². The van der Waals surface area contributed by atoms with Crippen LogP contribution in [-0.4, -0.2) is 51.4 Å². The van der Waals surface area contributed by atoms with Gasteiger partial charge in [0.2, 0.25) is 11.8 Å². The molecule has 0 unspecified atom stereocenters. The summed E-state index contributed by atoms with van der Waals surface area (Å²) in [6, 6.07) is 19.8. The van der Waals surface area contributed by atoms with Gasteiger partial charge in [-0.2, -0.15) is 0 Å². The number of carbonyl (C=O) groups excluding carboxylic acids is 2. The largest absolute Gasteiger partial charge is 0.497 e. The first-order chi connectivity index (χ1) is 18.1. The van der Waals surface area contributed by atoms with Gasteiger partial charge in [0.25, 0.3) is 10.0 Å². The van der Waals surface area contributed by atoms with Crippen molar-refractivity contribution in [3.8, 4) is 5.75 Å². The van der Waals surface area contributed by atoms with Crippen LogP contribution in [0.4, 0.5) is 5.69 Å². The molecule has 0 bridgehead atoms. The molecule has 0 aromatic heterocycles. The van der Waals surface area contributed by atoms with Crippen LogP contribution in [0.15, 0.2) is 77.7 Å². The van der Waals surface area contributed by atoms with Crippen molar-refractivity contribution in [1.29, 1.82) is 0 Å². The smallest absolute Gasteiger partial charge is 0.264 e. The van der Waals surface area contributed by atoms with Gasteiger partial charge in [0.15, 0.2) is 0 Å². The Hall–Kier alpha value is -3.85. The molecule has 0 saturated heterocycles. The Labute approximate surface area is 225 Å². The fourth-order valence-electron chi connectivity index (χ4n) is 4.01. The maximum absolute atomic E-state index is 13.9. The molecule has 202 valence electrons. The van der Waals surface area contributed by atoms with Gasteiger partial charge >= 0.3 is 0 Å². The van der Waals surface area contributed by atoms with Gasteiger partial charge in [-0.05, 0) is 63.1 Å². The number of hydrogen-bond acceptors (Lipinski definition) is 5. The second kappa shape index (κ2) is 12.6. The molecular formula is C29H35N3O5S. The Morgan fingerprint density at radius 2 is 1.66 bits per heavy atom. The predicted octanol–water partition coefficient (Wildman–Crippen LogP) is 4.06. The summed E-state index contributed by atoms with van der Waals surface area (Å²) >= 11 is 0. The van der Waals surface area contributed by atoms with Crippen molar-refractivity contribution in [2.45, 2.75) is 45.2 Å². The number of carbonyl (C=O) groups is 2. The zero-order valence-corrected chi connectivity index (χ0v) is 23.3. The van der Waals surface area contributed by atoms with Gasteiger partial charge < -0.3 is 15.0 Å². The van der Waals surface area contributed by atoms with Crippen molar-refractivity contribution in [3.05, 3.63) is 89.5 Å². The van der Waals surface area contributed by atoms with Crippen LogP contribution in [0, 0.1) is 13.8 Å². The number of hydrogen-bond donors (Lipinski definition) is 1. The number of aryl methyl sites for hydroxylation is 2. The molecule has 1 atom stereocenters. The zero-order chi connectivity index (χ0) is 27.9. The van der Waals surface area contributed by atoms with Crippen molar-refractivity contribution >= 4 is 27.5 Å². The molecule has 0 heterocycles. The highest BCUT2D eigenvalue weighted by Gasteiger charge is 2.32. The van der Waals surface area contributed by atoms with Crippen LogP contribution in [0.2, 0.25) is 0 Å². The maximum atomic E-state index is 13.9. The zero-order valence-electron chi connectivity index (χ0n) is 22.5. The van der Waals surface area contributed by atoms with Crippen LogP contribution >= 0.6 is 0 Å². The van der Waals surface area contributed by atoms with Gasteiger partial charge in [-0.25, -0.2) is 8.42 Å². The molecule has 3 aromatic carbocycles. The molecule has 0 spiro atoms. The third-order valence-corrected chi connectivity index (χ3v) is 8.14. The second-order valence-electron chi connectivity index (χ2n) is 9.04. The van der Waals surface area contributed by atoms with E-state index in [0.29, 0.717) is 12.3 Å². The first-order valence-electron chi connectivity index (χ1n) is 12.4. The Bertz CT molecular complexity index is 1370. The highest BCUT2D eigenvalue weighted by molar-refractivity contribution is 7.92. The van der Waals surface area contributed by atoms with E-state index in [4.69, 9.17) is 4.74 Å². The molecule has 0 aliphatic rings. The maximum Gasteiger partial charge on any atom is 0.264 e. The average Bonchev–Trinajstić information content (AvgIpc) is 2.91. The van der Waals surface area contributed by atoms with E-state index < -0.39 is 28.5 Å². The van der Waals surface area contributed by atoms with Crippen molar-refractivity contribution < 1.29 is 22.7 Å². The average molecular weight is 538 g/mol. The number of rotatable bonds is 11. The summed E-state index contributed by atoms with van der Waals surface area (Å²) in [7, 11) is -2.64. The lowest BCUT2D eigenvalue weighted by molar-refractivity contribution is -0.139. The predicted molar refractivity (Wildman–Crippen MR) is 149 cm³/mol. The van der Waals surface area contributed by atoms with E-state index in [1.807, 2.05) is 38.1 Å². The Balaban J connectivity index is 2.06. The summed E-state index contributed by atoms with van der Waals surface area (Å²) in [5.41, 5.74) is 3.02. The fraction of sp³-hybridized carbons (Fsp3) is 0.310. The van der Waals surface area contributed by atoms with Crippen LogP contribution in [0.25, 0.3) is 0 Å². The number of methoxy groups -OCH3 is 1. The lowest BCUT2D eigenvalue weighted by Crippen LogP contribution is -2.51. The molecule has 0 aliphatic carbocycles. The van der Waals surface area contributed by atoms with Gasteiger partial charge in [0.05, 0.1) is 17.7 Å². The molecule has 2 amide bonds. The number of benzene rings is 3. The third-order valence-electron chi connectivity index (χ3n) is 6.35. The topological polar surface area (TPSA) is 96.0 Å². The fourth-order valence-corrected chi connectivity index (χ4v) is 5.41.